The van der Waals surface area contributed by atoms with Crippen molar-refractivity contribution in [3.8, 4) is 0 Å². The maximum atomic E-state index is 14.0. The van der Waals surface area contributed by atoms with Crippen molar-refractivity contribution in [3.05, 3.63) is 99.5 Å². The first-order valence-corrected chi connectivity index (χ1v) is 14.1. The third kappa shape index (κ3) is 7.36. The van der Waals surface area contributed by atoms with E-state index in [-0.39, 0.29) is 17.6 Å². The fourth-order valence-electron chi connectivity index (χ4n) is 4.85. The highest BCUT2D eigenvalue weighted by Gasteiger charge is 2.35. The Hall–Kier alpha value is -2.99. The third-order valence-electron chi connectivity index (χ3n) is 7.16. The minimum atomic E-state index is -0.590. The molecular formula is C32H35Cl2N3O2. The van der Waals surface area contributed by atoms with Crippen molar-refractivity contribution in [3.63, 3.8) is 0 Å². The number of fused-ring (bicyclic) bond motifs is 1. The SMILES string of the molecule is CC(CCC(=O)CCc1ccc(Cl)cc1Cl)C1N=C(c2ccccc2)c2ccccc2N(CCN(C)C)C1=O. The van der Waals surface area contributed by atoms with Crippen LogP contribution >= 0.6 is 23.2 Å². The number of anilines is 1. The van der Waals surface area contributed by atoms with Crippen molar-refractivity contribution in [2.24, 2.45) is 10.9 Å². The Kier molecular flexibility index (Phi) is 9.95. The van der Waals surface area contributed by atoms with Gasteiger partial charge in [0.05, 0.1) is 11.4 Å². The number of Topliss-reactive ketones (excluding diaryl/α,β-unsaturated/α-hetero) is 1. The summed E-state index contributed by atoms with van der Waals surface area (Å²) in [6, 6.07) is 22.8. The number of aryl methyl sites for hydroxylation is 1. The minimum Gasteiger partial charge on any atom is -0.309 e. The number of nitrogens with zero attached hydrogens (tertiary/aromatic N) is 3. The van der Waals surface area contributed by atoms with E-state index in [0.29, 0.717) is 42.3 Å². The minimum absolute atomic E-state index is 0.0249. The van der Waals surface area contributed by atoms with Gasteiger partial charge in [-0.1, -0.05) is 84.7 Å². The zero-order valence-electron chi connectivity index (χ0n) is 22.7. The maximum Gasteiger partial charge on any atom is 0.252 e. The molecule has 0 radical (unpaired) electrons. The highest BCUT2D eigenvalue weighted by Crippen LogP contribution is 2.31. The summed E-state index contributed by atoms with van der Waals surface area (Å²) in [4.78, 5) is 35.9. The van der Waals surface area contributed by atoms with E-state index >= 15 is 0 Å². The molecule has 3 aromatic rings. The Morgan fingerprint density at radius 3 is 2.44 bits per heavy atom. The van der Waals surface area contributed by atoms with Crippen LogP contribution in [0.3, 0.4) is 0 Å². The van der Waals surface area contributed by atoms with E-state index in [9.17, 15) is 9.59 Å². The van der Waals surface area contributed by atoms with E-state index in [1.165, 1.54) is 0 Å². The number of carbonyl (C=O) groups is 2. The summed E-state index contributed by atoms with van der Waals surface area (Å²) in [5.41, 5.74) is 4.51. The molecule has 0 spiro atoms. The number of hydrogen-bond acceptors (Lipinski definition) is 4. The molecule has 1 amide bonds. The number of benzene rings is 3. The number of likely N-dealkylation sites (N-methyl/N-ethyl adjacent to an activating group) is 1. The number of rotatable bonds is 11. The summed E-state index contributed by atoms with van der Waals surface area (Å²) < 4.78 is 0. The Morgan fingerprint density at radius 1 is 1.00 bits per heavy atom. The zero-order chi connectivity index (χ0) is 27.9. The first-order valence-electron chi connectivity index (χ1n) is 13.4. The Labute approximate surface area is 241 Å². The molecule has 1 aliphatic heterocycles. The fraction of sp³-hybridized carbons (Fsp3) is 0.344. The second-order valence-corrected chi connectivity index (χ2v) is 11.2. The van der Waals surface area contributed by atoms with Gasteiger partial charge in [-0.2, -0.15) is 0 Å². The van der Waals surface area contributed by atoms with E-state index in [1.54, 1.807) is 12.1 Å². The van der Waals surface area contributed by atoms with Gasteiger partial charge >= 0.3 is 0 Å². The largest absolute Gasteiger partial charge is 0.309 e. The molecule has 0 bridgehead atoms. The van der Waals surface area contributed by atoms with Crippen molar-refractivity contribution < 1.29 is 9.59 Å². The van der Waals surface area contributed by atoms with Crippen LogP contribution in [0.5, 0.6) is 0 Å². The summed E-state index contributed by atoms with van der Waals surface area (Å²) in [5.74, 6) is 0.00697. The molecule has 0 saturated carbocycles. The molecule has 1 aliphatic rings. The molecule has 3 aromatic carbocycles. The Morgan fingerprint density at radius 2 is 1.72 bits per heavy atom. The first-order chi connectivity index (χ1) is 18.7. The predicted molar refractivity (Wildman–Crippen MR) is 161 cm³/mol. The van der Waals surface area contributed by atoms with Crippen molar-refractivity contribution in [1.29, 1.82) is 0 Å². The van der Waals surface area contributed by atoms with Gasteiger partial charge in [0.1, 0.15) is 11.8 Å². The van der Waals surface area contributed by atoms with E-state index < -0.39 is 6.04 Å². The molecule has 7 heteroatoms. The highest BCUT2D eigenvalue weighted by atomic mass is 35.5. The monoisotopic (exact) mass is 563 g/mol. The van der Waals surface area contributed by atoms with E-state index in [1.807, 2.05) is 86.6 Å². The van der Waals surface area contributed by atoms with Gasteiger partial charge in [0.2, 0.25) is 0 Å². The summed E-state index contributed by atoms with van der Waals surface area (Å²) in [5, 5.41) is 1.15. The predicted octanol–water partition coefficient (Wildman–Crippen LogP) is 6.73. The van der Waals surface area contributed by atoms with Crippen LogP contribution in [0.25, 0.3) is 0 Å². The van der Waals surface area contributed by atoms with Gasteiger partial charge in [0.25, 0.3) is 5.91 Å². The van der Waals surface area contributed by atoms with Gasteiger partial charge < -0.3 is 9.80 Å². The average molecular weight is 565 g/mol. The van der Waals surface area contributed by atoms with Gasteiger partial charge in [0, 0.05) is 47.1 Å². The molecule has 0 aromatic heterocycles. The Balaban J connectivity index is 1.56. The summed E-state index contributed by atoms with van der Waals surface area (Å²) >= 11 is 12.3. The molecule has 2 unspecified atom stereocenters. The number of benzodiazepines with no additional fused rings is 1. The van der Waals surface area contributed by atoms with Crippen LogP contribution in [0.2, 0.25) is 10.0 Å². The zero-order valence-corrected chi connectivity index (χ0v) is 24.3. The second-order valence-electron chi connectivity index (χ2n) is 10.4. The Bertz CT molecular complexity index is 1340. The quantitative estimate of drug-likeness (QED) is 0.260. The van der Waals surface area contributed by atoms with Crippen LogP contribution in [-0.2, 0) is 16.0 Å². The molecule has 5 nitrogen and oxygen atoms in total. The number of ketones is 1. The van der Waals surface area contributed by atoms with E-state index in [0.717, 1.165) is 34.6 Å². The van der Waals surface area contributed by atoms with Crippen molar-refractivity contribution >= 4 is 46.3 Å². The smallest absolute Gasteiger partial charge is 0.252 e. The van der Waals surface area contributed by atoms with Gasteiger partial charge in [-0.25, -0.2) is 0 Å². The van der Waals surface area contributed by atoms with Crippen molar-refractivity contribution in [1.82, 2.24) is 4.90 Å². The summed E-state index contributed by atoms with van der Waals surface area (Å²) in [6.45, 7) is 3.32. The topological polar surface area (TPSA) is 53.0 Å². The van der Waals surface area contributed by atoms with E-state index in [2.05, 4.69) is 4.90 Å². The van der Waals surface area contributed by atoms with Crippen LogP contribution < -0.4 is 4.90 Å². The lowest BCUT2D eigenvalue weighted by atomic mass is 9.93. The molecule has 1 heterocycles. The van der Waals surface area contributed by atoms with Crippen LogP contribution in [-0.4, -0.2) is 55.5 Å². The molecule has 2 atom stereocenters. The molecule has 4 rings (SSSR count). The number of amides is 1. The van der Waals surface area contributed by atoms with Gasteiger partial charge in [-0.05, 0) is 56.6 Å². The standard InChI is InChI=1S/C32H35Cl2N3O2/c1-22(13-17-26(38)18-15-23-14-16-25(33)21-28(23)34)30-32(39)37(20-19-36(2)3)29-12-8-7-11-27(29)31(35-30)24-9-5-4-6-10-24/h4-12,14,16,21-22,30H,13,15,17-20H2,1-3H3. The third-order valence-corrected chi connectivity index (χ3v) is 7.75. The van der Waals surface area contributed by atoms with Gasteiger partial charge in [-0.15, -0.1) is 0 Å². The van der Waals surface area contributed by atoms with Crippen molar-refractivity contribution in [2.45, 2.75) is 38.6 Å². The molecule has 0 saturated heterocycles. The molecule has 0 aliphatic carbocycles. The van der Waals surface area contributed by atoms with Gasteiger partial charge in [-0.3, -0.25) is 14.6 Å². The van der Waals surface area contributed by atoms with Crippen LogP contribution in [0.15, 0.2) is 77.8 Å². The van der Waals surface area contributed by atoms with Crippen molar-refractivity contribution in [2.75, 3.05) is 32.1 Å². The normalized spacial score (nSPS) is 16.1. The van der Waals surface area contributed by atoms with Crippen LogP contribution in [0.4, 0.5) is 5.69 Å². The van der Waals surface area contributed by atoms with E-state index in [4.69, 9.17) is 28.2 Å². The number of hydrogen-bond donors (Lipinski definition) is 0. The number of carbonyl (C=O) groups excluding carboxylic acids is 2. The average Bonchev–Trinajstić information content (AvgIpc) is 3.04. The molecule has 0 N–H and O–H groups in total. The molecule has 0 fully saturated rings. The second kappa shape index (κ2) is 13.4. The number of halogens is 2. The lowest BCUT2D eigenvalue weighted by molar-refractivity contribution is -0.122. The lowest BCUT2D eigenvalue weighted by Gasteiger charge is -2.28. The fourth-order valence-corrected chi connectivity index (χ4v) is 5.35. The van der Waals surface area contributed by atoms with Gasteiger partial charge in [0.15, 0.2) is 0 Å². The van der Waals surface area contributed by atoms with Crippen LogP contribution in [0, 0.1) is 5.92 Å². The van der Waals surface area contributed by atoms with Crippen LogP contribution in [0.1, 0.15) is 42.9 Å². The maximum absolute atomic E-state index is 14.0. The number of para-hydroxylation sites is 1. The first kappa shape index (κ1) is 29.0. The molecule has 204 valence electrons. The summed E-state index contributed by atoms with van der Waals surface area (Å²) in [6.07, 6.45) is 1.92. The highest BCUT2D eigenvalue weighted by molar-refractivity contribution is 6.35. The molecule has 39 heavy (non-hydrogen) atoms. The molecular weight excluding hydrogens is 529 g/mol. The lowest BCUT2D eigenvalue weighted by Crippen LogP contribution is -2.43. The summed E-state index contributed by atoms with van der Waals surface area (Å²) in [7, 11) is 4.01. The number of aliphatic imine (C=N–C) groups is 1.